The Balaban J connectivity index is 1.37. The van der Waals surface area contributed by atoms with E-state index in [1.807, 2.05) is 31.2 Å². The number of methoxy groups -OCH3 is 1. The summed E-state index contributed by atoms with van der Waals surface area (Å²) in [4.78, 5) is 31.7. The summed E-state index contributed by atoms with van der Waals surface area (Å²) in [5, 5.41) is 3.49. The van der Waals surface area contributed by atoms with Gasteiger partial charge in [0.2, 0.25) is 5.91 Å². The van der Waals surface area contributed by atoms with Crippen LogP contribution in [0.5, 0.6) is 5.75 Å². The van der Waals surface area contributed by atoms with Crippen molar-refractivity contribution < 1.29 is 19.1 Å². The van der Waals surface area contributed by atoms with Crippen LogP contribution >= 0.6 is 11.3 Å². The number of ether oxygens (including phenoxy) is 2. The summed E-state index contributed by atoms with van der Waals surface area (Å²) < 4.78 is 12.0. The second kappa shape index (κ2) is 12.0. The van der Waals surface area contributed by atoms with Gasteiger partial charge in [0.25, 0.3) is 5.91 Å². The molecule has 0 saturated carbocycles. The van der Waals surface area contributed by atoms with Crippen LogP contribution in [0.4, 0.5) is 10.8 Å². The van der Waals surface area contributed by atoms with Crippen LogP contribution in [-0.4, -0.2) is 56.8 Å². The average molecular weight is 498 g/mol. The lowest BCUT2D eigenvalue weighted by molar-refractivity contribution is -0.116. The van der Waals surface area contributed by atoms with Crippen molar-refractivity contribution in [3.8, 4) is 5.75 Å². The molecule has 2 amide bonds. The van der Waals surface area contributed by atoms with Gasteiger partial charge in [0.1, 0.15) is 11.3 Å². The first-order valence-electron chi connectivity index (χ1n) is 11.8. The van der Waals surface area contributed by atoms with Crippen molar-refractivity contribution in [2.45, 2.75) is 26.2 Å². The smallest absolute Gasteiger partial charge is 0.265 e. The molecule has 1 aliphatic rings. The van der Waals surface area contributed by atoms with E-state index in [-0.39, 0.29) is 11.8 Å². The van der Waals surface area contributed by atoms with E-state index in [4.69, 9.17) is 9.47 Å². The van der Waals surface area contributed by atoms with Crippen LogP contribution in [0.2, 0.25) is 0 Å². The van der Waals surface area contributed by atoms with E-state index in [0.717, 1.165) is 47.5 Å². The molecule has 3 N–H and O–H groups in total. The van der Waals surface area contributed by atoms with Gasteiger partial charge in [-0.1, -0.05) is 30.4 Å². The zero-order chi connectivity index (χ0) is 24.6. The zero-order valence-corrected chi connectivity index (χ0v) is 20.9. The van der Waals surface area contributed by atoms with E-state index in [2.05, 4.69) is 26.1 Å². The van der Waals surface area contributed by atoms with Crippen LogP contribution in [0.15, 0.2) is 36.4 Å². The number of fused-ring (bicyclic) bond motifs is 1. The van der Waals surface area contributed by atoms with Crippen molar-refractivity contribution in [1.29, 1.82) is 0 Å². The number of carbonyl (C=O) groups is 2. The molecule has 35 heavy (non-hydrogen) atoms. The number of hydrogen-bond donors (Lipinski definition) is 3. The molecule has 0 atom stereocenters. The van der Waals surface area contributed by atoms with E-state index in [1.165, 1.54) is 11.3 Å². The highest BCUT2D eigenvalue weighted by Gasteiger charge is 2.20. The van der Waals surface area contributed by atoms with Gasteiger partial charge in [-0.25, -0.2) is 10.4 Å². The molecule has 1 aromatic heterocycles. The second-order valence-corrected chi connectivity index (χ2v) is 9.21. The van der Waals surface area contributed by atoms with E-state index < -0.39 is 0 Å². The van der Waals surface area contributed by atoms with Crippen molar-refractivity contribution >= 4 is 44.2 Å². The van der Waals surface area contributed by atoms with E-state index in [9.17, 15) is 9.59 Å². The third-order valence-corrected chi connectivity index (χ3v) is 6.73. The quantitative estimate of drug-likeness (QED) is 0.291. The lowest BCUT2D eigenvalue weighted by atomic mass is 10.1. The number of nitrogens with zero attached hydrogens (tertiary/aromatic N) is 2. The standard InChI is InChI=1S/C25H31N5O4S/c1-3-12-26-29-24(32)18-7-4-17(5-8-18)6-11-21(31)27-25-28-22-20(33-2)10-9-19(23(22)35-25)30-13-15-34-16-14-30/h4-5,7-10,26H,3,6,11-16H2,1-2H3,(H,29,32)(H,27,28,31). The van der Waals surface area contributed by atoms with E-state index >= 15 is 0 Å². The molecule has 2 heterocycles. The predicted molar refractivity (Wildman–Crippen MR) is 138 cm³/mol. The molecule has 1 fully saturated rings. The van der Waals surface area contributed by atoms with Crippen LogP contribution in [0.3, 0.4) is 0 Å². The summed E-state index contributed by atoms with van der Waals surface area (Å²) in [6.07, 6.45) is 1.81. The first-order valence-corrected chi connectivity index (χ1v) is 12.6. The monoisotopic (exact) mass is 497 g/mol. The van der Waals surface area contributed by atoms with Crippen molar-refractivity contribution in [2.75, 3.05) is 50.2 Å². The molecule has 186 valence electrons. The maximum Gasteiger partial charge on any atom is 0.265 e. The molecule has 10 heteroatoms. The molecule has 0 spiro atoms. The van der Waals surface area contributed by atoms with Gasteiger partial charge in [-0.3, -0.25) is 15.0 Å². The number of nitrogens with one attached hydrogen (secondary N) is 3. The number of rotatable bonds is 10. The van der Waals surface area contributed by atoms with Crippen LogP contribution in [-0.2, 0) is 16.0 Å². The topological polar surface area (TPSA) is 105 Å². The Labute approximate surface area is 208 Å². The highest BCUT2D eigenvalue weighted by Crippen LogP contribution is 2.39. The fraction of sp³-hybridized carbons (Fsp3) is 0.400. The second-order valence-electron chi connectivity index (χ2n) is 8.21. The fourth-order valence-corrected chi connectivity index (χ4v) is 4.88. The third kappa shape index (κ3) is 6.27. The third-order valence-electron chi connectivity index (χ3n) is 5.74. The van der Waals surface area contributed by atoms with Gasteiger partial charge < -0.3 is 19.7 Å². The number of hydrazine groups is 1. The maximum absolute atomic E-state index is 12.7. The summed E-state index contributed by atoms with van der Waals surface area (Å²) in [5.74, 6) is 0.398. The Morgan fingerprint density at radius 2 is 1.91 bits per heavy atom. The fourth-order valence-electron chi connectivity index (χ4n) is 3.84. The minimum absolute atomic E-state index is 0.110. The van der Waals surface area contributed by atoms with Gasteiger partial charge in [-0.15, -0.1) is 0 Å². The predicted octanol–water partition coefficient (Wildman–Crippen LogP) is 3.36. The number of anilines is 2. The first kappa shape index (κ1) is 24.9. The summed E-state index contributed by atoms with van der Waals surface area (Å²) >= 11 is 1.45. The summed E-state index contributed by atoms with van der Waals surface area (Å²) in [5.41, 5.74) is 8.92. The Morgan fingerprint density at radius 3 is 2.63 bits per heavy atom. The van der Waals surface area contributed by atoms with Crippen molar-refractivity contribution in [3.05, 3.63) is 47.5 Å². The van der Waals surface area contributed by atoms with Crippen molar-refractivity contribution in [2.24, 2.45) is 0 Å². The molecule has 0 unspecified atom stereocenters. The van der Waals surface area contributed by atoms with Crippen molar-refractivity contribution in [1.82, 2.24) is 15.8 Å². The molecule has 0 aliphatic carbocycles. The first-order chi connectivity index (χ1) is 17.1. The molecule has 9 nitrogen and oxygen atoms in total. The Hall–Kier alpha value is -3.21. The number of hydrogen-bond acceptors (Lipinski definition) is 8. The number of aromatic nitrogens is 1. The molecule has 1 aliphatic heterocycles. The maximum atomic E-state index is 12.7. The zero-order valence-electron chi connectivity index (χ0n) is 20.1. The summed E-state index contributed by atoms with van der Waals surface area (Å²) in [6.45, 7) is 5.76. The molecule has 2 aromatic carbocycles. The molecule has 1 saturated heterocycles. The Bertz CT molecular complexity index is 1160. The van der Waals surface area contributed by atoms with E-state index in [1.54, 1.807) is 19.2 Å². The Morgan fingerprint density at radius 1 is 1.14 bits per heavy atom. The van der Waals surface area contributed by atoms with Gasteiger partial charge in [0.15, 0.2) is 5.13 Å². The number of aryl methyl sites for hydroxylation is 1. The van der Waals surface area contributed by atoms with Crippen LogP contribution in [0.1, 0.15) is 35.7 Å². The van der Waals surface area contributed by atoms with Crippen LogP contribution in [0, 0.1) is 0 Å². The Kier molecular flexibility index (Phi) is 8.51. The molecule has 4 rings (SSSR count). The van der Waals surface area contributed by atoms with E-state index in [0.29, 0.717) is 42.5 Å². The van der Waals surface area contributed by atoms with Gasteiger partial charge in [0.05, 0.1) is 30.7 Å². The van der Waals surface area contributed by atoms with Gasteiger partial charge in [-0.05, 0) is 42.7 Å². The average Bonchev–Trinajstić information content (AvgIpc) is 3.31. The molecule has 0 radical (unpaired) electrons. The SMILES string of the molecule is CCCNNC(=O)c1ccc(CCC(=O)Nc2nc3c(OC)ccc(N4CCOCC4)c3s2)cc1. The normalized spacial score (nSPS) is 13.6. The van der Waals surface area contributed by atoms with Crippen LogP contribution in [0.25, 0.3) is 10.2 Å². The summed E-state index contributed by atoms with van der Waals surface area (Å²) in [6, 6.07) is 11.2. The number of morpholine rings is 1. The molecule has 3 aromatic rings. The molecular weight excluding hydrogens is 466 g/mol. The van der Waals surface area contributed by atoms with Gasteiger partial charge in [-0.2, -0.15) is 0 Å². The lowest BCUT2D eigenvalue weighted by Crippen LogP contribution is -2.37. The largest absolute Gasteiger partial charge is 0.494 e. The van der Waals surface area contributed by atoms with Crippen molar-refractivity contribution in [3.63, 3.8) is 0 Å². The minimum atomic E-state index is -0.176. The molecule has 0 bridgehead atoms. The lowest BCUT2D eigenvalue weighted by Gasteiger charge is -2.29. The highest BCUT2D eigenvalue weighted by atomic mass is 32.1. The number of thiazole rings is 1. The molecular formula is C25H31N5O4S. The number of amides is 2. The highest BCUT2D eigenvalue weighted by molar-refractivity contribution is 7.23. The minimum Gasteiger partial charge on any atom is -0.494 e. The summed E-state index contributed by atoms with van der Waals surface area (Å²) in [7, 11) is 1.62. The number of carbonyl (C=O) groups excluding carboxylic acids is 2. The number of benzene rings is 2. The van der Waals surface area contributed by atoms with Gasteiger partial charge >= 0.3 is 0 Å². The van der Waals surface area contributed by atoms with Crippen LogP contribution < -0.4 is 25.8 Å². The van der Waals surface area contributed by atoms with Gasteiger partial charge in [0, 0.05) is 31.6 Å².